The molecule has 100 valence electrons. The van der Waals surface area contributed by atoms with E-state index in [1.807, 2.05) is 25.3 Å². The van der Waals surface area contributed by atoms with E-state index in [4.69, 9.17) is 4.74 Å². The van der Waals surface area contributed by atoms with Crippen LogP contribution in [0.15, 0.2) is 17.5 Å². The third-order valence-corrected chi connectivity index (χ3v) is 4.74. The van der Waals surface area contributed by atoms with Gasteiger partial charge in [-0.25, -0.2) is 4.79 Å². The van der Waals surface area contributed by atoms with E-state index in [0.717, 1.165) is 10.4 Å². The van der Waals surface area contributed by atoms with Crippen LogP contribution in [-0.4, -0.2) is 19.0 Å². The van der Waals surface area contributed by atoms with Crippen molar-refractivity contribution in [2.45, 2.75) is 13.8 Å². The Kier molecular flexibility index (Phi) is 4.01. The molecule has 1 amide bonds. The lowest BCUT2D eigenvalue weighted by Gasteiger charge is -2.04. The summed E-state index contributed by atoms with van der Waals surface area (Å²) in [5, 5.41) is 5.16. The molecule has 0 saturated carbocycles. The number of carbonyl (C=O) groups excluding carboxylic acids is 2. The SMILES string of the molecule is COC(=O)c1c(NC(=O)c2cccs2)sc(C)c1C. The second kappa shape index (κ2) is 5.54. The number of esters is 1. The smallest absolute Gasteiger partial charge is 0.341 e. The van der Waals surface area contributed by atoms with Crippen LogP contribution in [0.25, 0.3) is 0 Å². The highest BCUT2D eigenvalue weighted by molar-refractivity contribution is 7.17. The zero-order chi connectivity index (χ0) is 14.0. The number of methoxy groups -OCH3 is 1. The van der Waals surface area contributed by atoms with Crippen LogP contribution in [0, 0.1) is 13.8 Å². The highest BCUT2D eigenvalue weighted by atomic mass is 32.1. The number of ether oxygens (including phenoxy) is 1. The molecule has 0 spiro atoms. The molecule has 19 heavy (non-hydrogen) atoms. The topological polar surface area (TPSA) is 55.4 Å². The largest absolute Gasteiger partial charge is 0.465 e. The predicted molar refractivity (Wildman–Crippen MR) is 77.4 cm³/mol. The number of amides is 1. The van der Waals surface area contributed by atoms with Crippen molar-refractivity contribution < 1.29 is 14.3 Å². The van der Waals surface area contributed by atoms with Gasteiger partial charge in [0.05, 0.1) is 17.6 Å². The molecule has 0 atom stereocenters. The van der Waals surface area contributed by atoms with Gasteiger partial charge in [0.1, 0.15) is 5.00 Å². The fourth-order valence-corrected chi connectivity index (χ4v) is 3.30. The highest BCUT2D eigenvalue weighted by Crippen LogP contribution is 2.33. The molecule has 2 rings (SSSR count). The van der Waals surface area contributed by atoms with Crippen molar-refractivity contribution in [3.05, 3.63) is 38.4 Å². The molecule has 0 fully saturated rings. The number of anilines is 1. The van der Waals surface area contributed by atoms with Gasteiger partial charge in [0.2, 0.25) is 0 Å². The molecular weight excluding hydrogens is 282 g/mol. The maximum Gasteiger partial charge on any atom is 0.341 e. The molecule has 0 unspecified atom stereocenters. The number of aryl methyl sites for hydroxylation is 1. The second-order valence-corrected chi connectivity index (χ2v) is 6.08. The minimum atomic E-state index is -0.427. The molecule has 0 saturated heterocycles. The molecule has 4 nitrogen and oxygen atoms in total. The molecule has 0 aliphatic carbocycles. The van der Waals surface area contributed by atoms with Gasteiger partial charge >= 0.3 is 5.97 Å². The lowest BCUT2D eigenvalue weighted by Crippen LogP contribution is -2.13. The van der Waals surface area contributed by atoms with E-state index >= 15 is 0 Å². The summed E-state index contributed by atoms with van der Waals surface area (Å²) >= 11 is 2.74. The normalized spacial score (nSPS) is 10.3. The standard InChI is InChI=1S/C13H13NO3S2/c1-7-8(2)19-12(10(7)13(16)17-3)14-11(15)9-5-4-6-18-9/h4-6H,1-3H3,(H,14,15). The first-order chi connectivity index (χ1) is 9.04. The number of hydrogen-bond acceptors (Lipinski definition) is 5. The molecule has 2 heterocycles. The lowest BCUT2D eigenvalue weighted by molar-refractivity contribution is 0.0601. The van der Waals surface area contributed by atoms with Gasteiger partial charge in [0.15, 0.2) is 0 Å². The van der Waals surface area contributed by atoms with E-state index in [2.05, 4.69) is 5.32 Å². The Morgan fingerprint density at radius 1 is 1.32 bits per heavy atom. The van der Waals surface area contributed by atoms with Gasteiger partial charge in [-0.2, -0.15) is 0 Å². The monoisotopic (exact) mass is 295 g/mol. The van der Waals surface area contributed by atoms with E-state index in [-0.39, 0.29) is 5.91 Å². The molecule has 0 aliphatic heterocycles. The zero-order valence-corrected chi connectivity index (χ0v) is 12.4. The first-order valence-corrected chi connectivity index (χ1v) is 7.27. The number of thiophene rings is 2. The lowest BCUT2D eigenvalue weighted by atomic mass is 10.1. The number of nitrogens with one attached hydrogen (secondary N) is 1. The summed E-state index contributed by atoms with van der Waals surface area (Å²) in [4.78, 5) is 25.4. The van der Waals surface area contributed by atoms with Crippen LogP contribution in [0.3, 0.4) is 0 Å². The van der Waals surface area contributed by atoms with Crippen molar-refractivity contribution in [2.24, 2.45) is 0 Å². The van der Waals surface area contributed by atoms with Crippen LogP contribution < -0.4 is 5.32 Å². The molecule has 0 bridgehead atoms. The quantitative estimate of drug-likeness (QED) is 0.882. The third-order valence-electron chi connectivity index (χ3n) is 2.75. The van der Waals surface area contributed by atoms with Crippen molar-refractivity contribution >= 4 is 39.6 Å². The number of carbonyl (C=O) groups is 2. The molecule has 2 aromatic rings. The average Bonchev–Trinajstić information content (AvgIpc) is 2.99. The van der Waals surface area contributed by atoms with Crippen molar-refractivity contribution in [1.29, 1.82) is 0 Å². The van der Waals surface area contributed by atoms with Crippen LogP contribution >= 0.6 is 22.7 Å². The first-order valence-electron chi connectivity index (χ1n) is 5.57. The fourth-order valence-electron chi connectivity index (χ4n) is 1.64. The van der Waals surface area contributed by atoms with Gasteiger partial charge in [-0.05, 0) is 30.9 Å². The number of rotatable bonds is 3. The summed E-state index contributed by atoms with van der Waals surface area (Å²) < 4.78 is 4.76. The van der Waals surface area contributed by atoms with E-state index in [1.165, 1.54) is 29.8 Å². The maximum atomic E-state index is 12.0. The predicted octanol–water partition coefficient (Wildman–Crippen LogP) is 3.47. The highest BCUT2D eigenvalue weighted by Gasteiger charge is 2.22. The maximum absolute atomic E-state index is 12.0. The summed E-state index contributed by atoms with van der Waals surface area (Å²) in [6, 6.07) is 3.55. The van der Waals surface area contributed by atoms with Crippen molar-refractivity contribution in [2.75, 3.05) is 12.4 Å². The molecule has 2 aromatic heterocycles. The number of hydrogen-bond donors (Lipinski definition) is 1. The molecule has 0 radical (unpaired) electrons. The van der Waals surface area contributed by atoms with Crippen LogP contribution in [-0.2, 0) is 4.74 Å². The molecular formula is C13H13NO3S2. The van der Waals surface area contributed by atoms with Crippen molar-refractivity contribution in [3.63, 3.8) is 0 Å². The van der Waals surface area contributed by atoms with E-state index in [9.17, 15) is 9.59 Å². The minimum absolute atomic E-state index is 0.207. The Hall–Kier alpha value is -1.66. The Labute approximate surface area is 119 Å². The van der Waals surface area contributed by atoms with Gasteiger partial charge in [-0.1, -0.05) is 6.07 Å². The Balaban J connectivity index is 2.33. The zero-order valence-electron chi connectivity index (χ0n) is 10.8. The van der Waals surface area contributed by atoms with E-state index in [1.54, 1.807) is 6.07 Å². The van der Waals surface area contributed by atoms with Crippen molar-refractivity contribution in [1.82, 2.24) is 0 Å². The van der Waals surface area contributed by atoms with Crippen molar-refractivity contribution in [3.8, 4) is 0 Å². The molecule has 1 N–H and O–H groups in total. The van der Waals surface area contributed by atoms with Crippen LogP contribution in [0.4, 0.5) is 5.00 Å². The van der Waals surface area contributed by atoms with E-state index in [0.29, 0.717) is 15.4 Å². The van der Waals surface area contributed by atoms with E-state index < -0.39 is 5.97 Å². The van der Waals surface area contributed by atoms with Gasteiger partial charge in [0.25, 0.3) is 5.91 Å². The molecule has 0 aromatic carbocycles. The summed E-state index contributed by atoms with van der Waals surface area (Å²) in [7, 11) is 1.33. The van der Waals surface area contributed by atoms with Gasteiger partial charge < -0.3 is 10.1 Å². The van der Waals surface area contributed by atoms with Gasteiger partial charge in [0, 0.05) is 4.88 Å². The Morgan fingerprint density at radius 3 is 2.63 bits per heavy atom. The van der Waals surface area contributed by atoms with Gasteiger partial charge in [-0.15, -0.1) is 22.7 Å². The summed E-state index contributed by atoms with van der Waals surface area (Å²) in [6.45, 7) is 3.76. The van der Waals surface area contributed by atoms with Crippen LogP contribution in [0.2, 0.25) is 0 Å². The Morgan fingerprint density at radius 2 is 2.05 bits per heavy atom. The van der Waals surface area contributed by atoms with Gasteiger partial charge in [-0.3, -0.25) is 4.79 Å². The second-order valence-electron chi connectivity index (χ2n) is 3.91. The summed E-state index contributed by atoms with van der Waals surface area (Å²) in [5.41, 5.74) is 1.29. The molecule has 0 aliphatic rings. The van der Waals surface area contributed by atoms with Crippen LogP contribution in [0.5, 0.6) is 0 Å². The summed E-state index contributed by atoms with van der Waals surface area (Å²) in [6.07, 6.45) is 0. The minimum Gasteiger partial charge on any atom is -0.465 e. The molecule has 6 heteroatoms. The Bertz CT molecular complexity index is 614. The fraction of sp³-hybridized carbons (Fsp3) is 0.231. The average molecular weight is 295 g/mol. The first kappa shape index (κ1) is 13.8. The third kappa shape index (κ3) is 2.69. The summed E-state index contributed by atoms with van der Waals surface area (Å²) in [5.74, 6) is -0.635. The van der Waals surface area contributed by atoms with Crippen LogP contribution in [0.1, 0.15) is 30.5 Å².